The van der Waals surface area contributed by atoms with E-state index in [1.807, 2.05) is 31.2 Å². The molecule has 3 aromatic rings. The highest BCUT2D eigenvalue weighted by Crippen LogP contribution is 2.25. The molecule has 0 unspecified atom stereocenters. The molecule has 9 heteroatoms. The molecule has 2 N–H and O–H groups in total. The summed E-state index contributed by atoms with van der Waals surface area (Å²) in [6.07, 6.45) is 2.58. The summed E-state index contributed by atoms with van der Waals surface area (Å²) in [4.78, 5) is 3.92. The van der Waals surface area contributed by atoms with Crippen LogP contribution in [0.5, 0.6) is 0 Å². The molecular formula is C14H14F2N6S. The van der Waals surface area contributed by atoms with E-state index in [2.05, 4.69) is 15.2 Å². The highest BCUT2D eigenvalue weighted by atomic mass is 32.2. The van der Waals surface area contributed by atoms with Crippen molar-refractivity contribution in [2.24, 2.45) is 0 Å². The third kappa shape index (κ3) is 3.19. The summed E-state index contributed by atoms with van der Waals surface area (Å²) in [5.74, 6) is 7.00. The summed E-state index contributed by atoms with van der Waals surface area (Å²) < 4.78 is 27.7. The Bertz CT molecular complexity index is 796. The van der Waals surface area contributed by atoms with Gasteiger partial charge in [-0.05, 0) is 6.92 Å². The summed E-state index contributed by atoms with van der Waals surface area (Å²) in [5.41, 5.74) is 1.97. The molecule has 0 radical (unpaired) electrons. The predicted octanol–water partition coefficient (Wildman–Crippen LogP) is 2.85. The lowest BCUT2D eigenvalue weighted by Crippen LogP contribution is -2.12. The number of rotatable bonds is 5. The van der Waals surface area contributed by atoms with Crippen LogP contribution in [0, 0.1) is 6.92 Å². The SMILES string of the molecule is Cc1ccc(-c2nnc(SCc3nccn3C(F)F)n2N)cc1. The maximum Gasteiger partial charge on any atom is 0.319 e. The molecule has 0 aliphatic carbocycles. The van der Waals surface area contributed by atoms with Gasteiger partial charge in [-0.15, -0.1) is 10.2 Å². The Morgan fingerprint density at radius 2 is 1.96 bits per heavy atom. The van der Waals surface area contributed by atoms with Gasteiger partial charge < -0.3 is 5.84 Å². The van der Waals surface area contributed by atoms with Crippen molar-refractivity contribution in [1.29, 1.82) is 0 Å². The Morgan fingerprint density at radius 3 is 2.65 bits per heavy atom. The number of aryl methyl sites for hydroxylation is 1. The molecule has 0 saturated carbocycles. The van der Waals surface area contributed by atoms with E-state index in [4.69, 9.17) is 5.84 Å². The van der Waals surface area contributed by atoms with Crippen LogP contribution in [0.1, 0.15) is 17.9 Å². The first-order valence-electron chi connectivity index (χ1n) is 6.76. The maximum atomic E-state index is 12.8. The Kier molecular flexibility index (Phi) is 4.28. The fourth-order valence-corrected chi connectivity index (χ4v) is 2.84. The topological polar surface area (TPSA) is 74.5 Å². The average molecular weight is 336 g/mol. The second kappa shape index (κ2) is 6.37. The average Bonchev–Trinajstić information content (AvgIpc) is 3.13. The van der Waals surface area contributed by atoms with E-state index in [9.17, 15) is 8.78 Å². The van der Waals surface area contributed by atoms with Crippen LogP contribution in [0.3, 0.4) is 0 Å². The molecule has 0 amide bonds. The standard InChI is InChI=1S/C14H14F2N6S/c1-9-2-4-10(5-3-9)12-19-20-14(22(12)17)23-8-11-18-6-7-21(11)13(15)16/h2-7,13H,8,17H2,1H3. The van der Waals surface area contributed by atoms with E-state index < -0.39 is 6.55 Å². The first-order valence-corrected chi connectivity index (χ1v) is 7.75. The zero-order chi connectivity index (χ0) is 16.4. The van der Waals surface area contributed by atoms with E-state index in [1.54, 1.807) is 0 Å². The summed E-state index contributed by atoms with van der Waals surface area (Å²) >= 11 is 1.20. The van der Waals surface area contributed by atoms with Gasteiger partial charge in [-0.1, -0.05) is 41.6 Å². The number of nitrogen functional groups attached to an aromatic ring is 1. The summed E-state index contributed by atoms with van der Waals surface area (Å²) in [6, 6.07) is 7.72. The molecule has 2 aromatic heterocycles. The van der Waals surface area contributed by atoms with Crippen molar-refractivity contribution in [2.75, 3.05) is 5.84 Å². The van der Waals surface area contributed by atoms with E-state index in [0.29, 0.717) is 11.0 Å². The van der Waals surface area contributed by atoms with Crippen LogP contribution in [0.2, 0.25) is 0 Å². The van der Waals surface area contributed by atoms with E-state index in [1.165, 1.54) is 28.8 Å². The molecule has 6 nitrogen and oxygen atoms in total. The normalized spacial score (nSPS) is 11.3. The molecule has 120 valence electrons. The Hall–Kier alpha value is -2.42. The largest absolute Gasteiger partial charge is 0.335 e. The fourth-order valence-electron chi connectivity index (χ4n) is 2.04. The van der Waals surface area contributed by atoms with Gasteiger partial charge in [0.15, 0.2) is 5.82 Å². The number of hydrogen-bond donors (Lipinski definition) is 1. The molecule has 1 aromatic carbocycles. The zero-order valence-electron chi connectivity index (χ0n) is 12.2. The van der Waals surface area contributed by atoms with Crippen LogP contribution in [0.15, 0.2) is 41.8 Å². The number of nitrogens with two attached hydrogens (primary N) is 1. The molecule has 0 aliphatic rings. The number of thioether (sulfide) groups is 1. The number of nitrogens with zero attached hydrogens (tertiary/aromatic N) is 5. The minimum Gasteiger partial charge on any atom is -0.335 e. The Balaban J connectivity index is 1.77. The third-order valence-corrected chi connectivity index (χ3v) is 4.20. The molecule has 0 spiro atoms. The smallest absolute Gasteiger partial charge is 0.319 e. The minimum absolute atomic E-state index is 0.223. The van der Waals surface area contributed by atoms with Crippen LogP contribution in [0.4, 0.5) is 8.78 Å². The van der Waals surface area contributed by atoms with E-state index in [0.717, 1.165) is 15.7 Å². The summed E-state index contributed by atoms with van der Waals surface area (Å²) in [6.45, 7) is -0.629. The Morgan fingerprint density at radius 1 is 1.22 bits per heavy atom. The predicted molar refractivity (Wildman–Crippen MR) is 83.4 cm³/mol. The molecule has 0 fully saturated rings. The van der Waals surface area contributed by atoms with Crippen LogP contribution >= 0.6 is 11.8 Å². The first-order chi connectivity index (χ1) is 11.1. The van der Waals surface area contributed by atoms with Crippen molar-refractivity contribution in [3.8, 4) is 11.4 Å². The molecule has 3 rings (SSSR count). The summed E-state index contributed by atoms with van der Waals surface area (Å²) in [5, 5.41) is 8.51. The minimum atomic E-state index is -2.62. The number of benzene rings is 1. The van der Waals surface area contributed by atoms with Gasteiger partial charge in [0.1, 0.15) is 5.82 Å². The number of hydrogen-bond acceptors (Lipinski definition) is 5. The van der Waals surface area contributed by atoms with Crippen molar-refractivity contribution in [1.82, 2.24) is 24.4 Å². The van der Waals surface area contributed by atoms with Gasteiger partial charge in [0, 0.05) is 18.0 Å². The quantitative estimate of drug-likeness (QED) is 0.573. The molecular weight excluding hydrogens is 322 g/mol. The molecule has 0 aliphatic heterocycles. The van der Waals surface area contributed by atoms with Crippen molar-refractivity contribution >= 4 is 11.8 Å². The molecule has 23 heavy (non-hydrogen) atoms. The molecule has 0 saturated heterocycles. The van der Waals surface area contributed by atoms with Gasteiger partial charge >= 0.3 is 6.55 Å². The van der Waals surface area contributed by atoms with Crippen LogP contribution in [-0.2, 0) is 5.75 Å². The van der Waals surface area contributed by atoms with Crippen molar-refractivity contribution in [2.45, 2.75) is 24.4 Å². The lowest BCUT2D eigenvalue weighted by Gasteiger charge is -2.06. The van der Waals surface area contributed by atoms with Crippen molar-refractivity contribution in [3.63, 3.8) is 0 Å². The highest BCUT2D eigenvalue weighted by Gasteiger charge is 2.15. The number of aromatic nitrogens is 5. The summed E-state index contributed by atoms with van der Waals surface area (Å²) in [7, 11) is 0. The number of imidazole rings is 1. The van der Waals surface area contributed by atoms with Crippen molar-refractivity contribution < 1.29 is 8.78 Å². The van der Waals surface area contributed by atoms with Crippen molar-refractivity contribution in [3.05, 3.63) is 48.0 Å². The number of alkyl halides is 2. The van der Waals surface area contributed by atoms with Crippen LogP contribution in [-0.4, -0.2) is 24.4 Å². The van der Waals surface area contributed by atoms with E-state index >= 15 is 0 Å². The highest BCUT2D eigenvalue weighted by molar-refractivity contribution is 7.98. The van der Waals surface area contributed by atoms with Gasteiger partial charge in [0.2, 0.25) is 5.16 Å². The first kappa shape index (κ1) is 15.5. The van der Waals surface area contributed by atoms with E-state index in [-0.39, 0.29) is 11.6 Å². The third-order valence-electron chi connectivity index (χ3n) is 3.26. The van der Waals surface area contributed by atoms with Gasteiger partial charge in [-0.2, -0.15) is 8.78 Å². The molecule has 0 atom stereocenters. The lowest BCUT2D eigenvalue weighted by molar-refractivity contribution is 0.0678. The number of halogens is 2. The monoisotopic (exact) mass is 336 g/mol. The molecule has 2 heterocycles. The second-order valence-corrected chi connectivity index (χ2v) is 5.80. The maximum absolute atomic E-state index is 12.8. The van der Waals surface area contributed by atoms with Gasteiger partial charge in [0.05, 0.1) is 5.75 Å². The van der Waals surface area contributed by atoms with Gasteiger partial charge in [-0.25, -0.2) is 9.66 Å². The van der Waals surface area contributed by atoms with Gasteiger partial charge in [-0.3, -0.25) is 4.57 Å². The lowest BCUT2D eigenvalue weighted by atomic mass is 10.1. The molecule has 0 bridgehead atoms. The second-order valence-electron chi connectivity index (χ2n) is 4.86. The van der Waals surface area contributed by atoms with Crippen LogP contribution < -0.4 is 5.84 Å². The Labute approximate surface area is 135 Å². The van der Waals surface area contributed by atoms with Gasteiger partial charge in [0.25, 0.3) is 0 Å². The van der Waals surface area contributed by atoms with Crippen LogP contribution in [0.25, 0.3) is 11.4 Å². The zero-order valence-corrected chi connectivity index (χ0v) is 13.0. The fraction of sp³-hybridized carbons (Fsp3) is 0.214.